The van der Waals surface area contributed by atoms with Gasteiger partial charge in [-0.05, 0) is 37.3 Å². The molecular formula is C20H27NO4. The zero-order valence-electron chi connectivity index (χ0n) is 14.8. The van der Waals surface area contributed by atoms with Gasteiger partial charge in [0.15, 0.2) is 0 Å². The second-order valence-corrected chi connectivity index (χ2v) is 6.80. The molecule has 1 heterocycles. The molecule has 3 atom stereocenters. The maximum atomic E-state index is 12.8. The van der Waals surface area contributed by atoms with E-state index in [9.17, 15) is 4.79 Å². The predicted octanol–water partition coefficient (Wildman–Crippen LogP) is 2.25. The number of carbonyl (C=O) groups excluding carboxylic acids is 1. The van der Waals surface area contributed by atoms with Gasteiger partial charge in [-0.15, -0.1) is 0 Å². The minimum atomic E-state index is -0.255. The Bertz CT molecular complexity index is 603. The van der Waals surface area contributed by atoms with Crippen LogP contribution in [0.15, 0.2) is 36.4 Å². The third kappa shape index (κ3) is 3.94. The molecule has 0 unspecified atom stereocenters. The van der Waals surface area contributed by atoms with Crippen molar-refractivity contribution in [2.24, 2.45) is 0 Å². The summed E-state index contributed by atoms with van der Waals surface area (Å²) in [6, 6.07) is 9.86. The van der Waals surface area contributed by atoms with E-state index in [4.69, 9.17) is 14.6 Å². The lowest BCUT2D eigenvalue weighted by Crippen LogP contribution is -2.53. The van der Waals surface area contributed by atoms with Crippen molar-refractivity contribution in [3.8, 4) is 0 Å². The van der Waals surface area contributed by atoms with Gasteiger partial charge in [-0.1, -0.05) is 30.3 Å². The lowest BCUT2D eigenvalue weighted by atomic mass is 9.79. The first kappa shape index (κ1) is 18.1. The predicted molar refractivity (Wildman–Crippen MR) is 96.0 cm³/mol. The molecule has 0 spiro atoms. The van der Waals surface area contributed by atoms with E-state index in [2.05, 4.69) is 0 Å². The van der Waals surface area contributed by atoms with Gasteiger partial charge in [-0.2, -0.15) is 0 Å². The smallest absolute Gasteiger partial charge is 0.246 e. The monoisotopic (exact) mass is 345 g/mol. The van der Waals surface area contributed by atoms with Gasteiger partial charge >= 0.3 is 0 Å². The number of carbonyl (C=O) groups is 1. The molecule has 25 heavy (non-hydrogen) atoms. The molecule has 5 heteroatoms. The molecule has 1 saturated heterocycles. The first-order valence-corrected chi connectivity index (χ1v) is 9.00. The van der Waals surface area contributed by atoms with Crippen LogP contribution >= 0.6 is 0 Å². The minimum absolute atomic E-state index is 0.0237. The van der Waals surface area contributed by atoms with Gasteiger partial charge in [0.25, 0.3) is 0 Å². The topological polar surface area (TPSA) is 59.0 Å². The average molecular weight is 345 g/mol. The Labute approximate surface area is 149 Å². The highest BCUT2D eigenvalue weighted by atomic mass is 16.5. The number of fused-ring (bicyclic) bond motifs is 1. The fraction of sp³-hybridized carbons (Fsp3) is 0.550. The summed E-state index contributed by atoms with van der Waals surface area (Å²) >= 11 is 0. The van der Waals surface area contributed by atoms with Crippen LogP contribution in [0.4, 0.5) is 0 Å². The van der Waals surface area contributed by atoms with Gasteiger partial charge in [-0.25, -0.2) is 0 Å². The Morgan fingerprint density at radius 2 is 2.16 bits per heavy atom. The molecule has 1 amide bonds. The van der Waals surface area contributed by atoms with Gasteiger partial charge in [0.2, 0.25) is 5.91 Å². The highest BCUT2D eigenvalue weighted by Crippen LogP contribution is 2.43. The van der Waals surface area contributed by atoms with Crippen LogP contribution in [0, 0.1) is 0 Å². The molecule has 136 valence electrons. The van der Waals surface area contributed by atoms with Crippen molar-refractivity contribution in [1.29, 1.82) is 0 Å². The van der Waals surface area contributed by atoms with Crippen LogP contribution < -0.4 is 0 Å². The molecule has 0 bridgehead atoms. The fourth-order valence-corrected chi connectivity index (χ4v) is 4.12. The number of aliphatic hydroxyl groups excluding tert-OH is 1. The van der Waals surface area contributed by atoms with Crippen molar-refractivity contribution in [1.82, 2.24) is 4.90 Å². The third-order valence-corrected chi connectivity index (χ3v) is 5.49. The lowest BCUT2D eigenvalue weighted by Gasteiger charge is -2.43. The summed E-state index contributed by atoms with van der Waals surface area (Å²) in [5.74, 6) is 0.0237. The maximum Gasteiger partial charge on any atom is 0.246 e. The zero-order valence-corrected chi connectivity index (χ0v) is 14.8. The van der Waals surface area contributed by atoms with Crippen LogP contribution in [0.25, 0.3) is 6.08 Å². The van der Waals surface area contributed by atoms with Gasteiger partial charge in [-0.3, -0.25) is 4.79 Å². The molecule has 1 aliphatic heterocycles. The van der Waals surface area contributed by atoms with E-state index < -0.39 is 0 Å². The molecule has 1 aromatic rings. The van der Waals surface area contributed by atoms with E-state index in [1.165, 1.54) is 0 Å². The number of aliphatic hydroxyl groups is 1. The summed E-state index contributed by atoms with van der Waals surface area (Å²) in [6.45, 7) is 1.08. The van der Waals surface area contributed by atoms with E-state index in [0.29, 0.717) is 13.2 Å². The second kappa shape index (κ2) is 8.13. The van der Waals surface area contributed by atoms with Crippen LogP contribution in [0.1, 0.15) is 31.2 Å². The first-order chi connectivity index (χ1) is 12.2. The summed E-state index contributed by atoms with van der Waals surface area (Å²) in [5.41, 5.74) is 0.760. The van der Waals surface area contributed by atoms with E-state index in [-0.39, 0.29) is 30.3 Å². The molecule has 1 aromatic carbocycles. The third-order valence-electron chi connectivity index (χ3n) is 5.49. The van der Waals surface area contributed by atoms with E-state index >= 15 is 0 Å². The molecule has 0 aromatic heterocycles. The summed E-state index contributed by atoms with van der Waals surface area (Å²) in [4.78, 5) is 14.7. The highest BCUT2D eigenvalue weighted by molar-refractivity contribution is 5.92. The Balaban J connectivity index is 1.70. The maximum absolute atomic E-state index is 12.8. The lowest BCUT2D eigenvalue weighted by molar-refractivity contribution is -0.137. The minimum Gasteiger partial charge on any atom is -0.394 e. The molecule has 2 fully saturated rings. The molecular weight excluding hydrogens is 318 g/mol. The zero-order chi connectivity index (χ0) is 17.7. The van der Waals surface area contributed by atoms with Gasteiger partial charge in [0, 0.05) is 19.7 Å². The van der Waals surface area contributed by atoms with Gasteiger partial charge in [0.05, 0.1) is 31.0 Å². The molecule has 0 radical (unpaired) electrons. The Hall–Kier alpha value is -1.69. The highest BCUT2D eigenvalue weighted by Gasteiger charge is 2.52. The number of hydrogen-bond acceptors (Lipinski definition) is 4. The van der Waals surface area contributed by atoms with Crippen LogP contribution in [-0.2, 0) is 14.3 Å². The largest absolute Gasteiger partial charge is 0.394 e. The number of benzene rings is 1. The van der Waals surface area contributed by atoms with Crippen molar-refractivity contribution in [2.45, 2.75) is 43.4 Å². The number of likely N-dealkylation sites (tertiary alicyclic amines) is 1. The van der Waals surface area contributed by atoms with Crippen molar-refractivity contribution in [3.63, 3.8) is 0 Å². The van der Waals surface area contributed by atoms with Crippen LogP contribution in [0.3, 0.4) is 0 Å². The standard InChI is InChI=1S/C20H27NO4/c1-24-20-10-9-17(25-14-13-22)15-18(20)21(12-11-20)19(23)8-7-16-5-3-2-4-6-16/h2-8,17-18,22H,9-15H2,1H3/t17-,18-,20+/m0/s1. The number of amides is 1. The molecule has 1 aliphatic carbocycles. The van der Waals surface area contributed by atoms with E-state index in [1.807, 2.05) is 41.3 Å². The summed E-state index contributed by atoms with van der Waals surface area (Å²) in [5, 5.41) is 8.98. The summed E-state index contributed by atoms with van der Waals surface area (Å²) < 4.78 is 11.6. The van der Waals surface area contributed by atoms with Crippen molar-refractivity contribution < 1.29 is 19.4 Å². The summed E-state index contributed by atoms with van der Waals surface area (Å²) in [6.07, 6.45) is 7.01. The molecule has 3 rings (SSSR count). The van der Waals surface area contributed by atoms with Crippen molar-refractivity contribution >= 4 is 12.0 Å². The number of hydrogen-bond donors (Lipinski definition) is 1. The van der Waals surface area contributed by atoms with Gasteiger partial charge < -0.3 is 19.5 Å². The molecule has 2 aliphatic rings. The Kier molecular flexibility index (Phi) is 5.89. The number of methoxy groups -OCH3 is 1. The van der Waals surface area contributed by atoms with Crippen LogP contribution in [-0.4, -0.2) is 60.5 Å². The summed E-state index contributed by atoms with van der Waals surface area (Å²) in [7, 11) is 1.75. The number of rotatable bonds is 6. The SMILES string of the molecule is CO[C@@]12CC[C@H](OCCO)C[C@@H]1N(C(=O)C=Cc1ccccc1)CC2. The van der Waals surface area contributed by atoms with E-state index in [1.54, 1.807) is 13.2 Å². The quantitative estimate of drug-likeness (QED) is 0.804. The molecule has 1 saturated carbocycles. The molecule has 1 N–H and O–H groups in total. The Morgan fingerprint density at radius 1 is 1.36 bits per heavy atom. The van der Waals surface area contributed by atoms with Gasteiger partial charge in [0.1, 0.15) is 0 Å². The van der Waals surface area contributed by atoms with Crippen molar-refractivity contribution in [2.75, 3.05) is 26.9 Å². The fourth-order valence-electron chi connectivity index (χ4n) is 4.12. The second-order valence-electron chi connectivity index (χ2n) is 6.80. The van der Waals surface area contributed by atoms with Crippen LogP contribution in [0.2, 0.25) is 0 Å². The van der Waals surface area contributed by atoms with E-state index in [0.717, 1.165) is 31.2 Å². The first-order valence-electron chi connectivity index (χ1n) is 9.00. The normalized spacial score (nSPS) is 29.1. The van der Waals surface area contributed by atoms with Crippen molar-refractivity contribution in [3.05, 3.63) is 42.0 Å². The Morgan fingerprint density at radius 3 is 2.88 bits per heavy atom. The number of ether oxygens (including phenoxy) is 2. The average Bonchev–Trinajstić information content (AvgIpc) is 3.04. The van der Waals surface area contributed by atoms with Crippen LogP contribution in [0.5, 0.6) is 0 Å². The molecule has 5 nitrogen and oxygen atoms in total. The number of nitrogens with zero attached hydrogens (tertiary/aromatic N) is 1.